The molecule has 0 bridgehead atoms. The molecule has 2 aromatic carbocycles. The van der Waals surface area contributed by atoms with Crippen LogP contribution in [-0.2, 0) is 20.8 Å². The van der Waals surface area contributed by atoms with E-state index >= 15 is 0 Å². The SMILES string of the molecule is CC(C)(C)OC(=O)c1ccc(CN(CC(=O)OC2CCCCCC2)C(=O)c2ccc(Cl)cc2N)cc1. The van der Waals surface area contributed by atoms with E-state index in [0.29, 0.717) is 10.6 Å². The Kier molecular flexibility index (Phi) is 9.37. The molecule has 3 rings (SSSR count). The lowest BCUT2D eigenvalue weighted by atomic mass is 10.1. The number of carbonyl (C=O) groups excluding carboxylic acids is 3. The quantitative estimate of drug-likeness (QED) is 0.285. The van der Waals surface area contributed by atoms with Crippen molar-refractivity contribution in [3.8, 4) is 0 Å². The third-order valence-corrected chi connectivity index (χ3v) is 6.15. The average molecular weight is 515 g/mol. The zero-order valence-electron chi connectivity index (χ0n) is 21.2. The van der Waals surface area contributed by atoms with E-state index in [-0.39, 0.29) is 30.4 Å². The van der Waals surface area contributed by atoms with Crippen LogP contribution >= 0.6 is 11.6 Å². The molecule has 2 aromatic rings. The van der Waals surface area contributed by atoms with Crippen molar-refractivity contribution in [1.29, 1.82) is 0 Å². The molecule has 1 aliphatic rings. The van der Waals surface area contributed by atoms with E-state index in [4.69, 9.17) is 26.8 Å². The predicted octanol–water partition coefficient (Wildman–Crippen LogP) is 5.79. The van der Waals surface area contributed by atoms with E-state index in [1.807, 2.05) is 0 Å². The second kappa shape index (κ2) is 12.3. The van der Waals surface area contributed by atoms with Gasteiger partial charge in [-0.2, -0.15) is 0 Å². The second-order valence-electron chi connectivity index (χ2n) is 10.2. The zero-order valence-corrected chi connectivity index (χ0v) is 22.0. The summed E-state index contributed by atoms with van der Waals surface area (Å²) in [6.45, 7) is 5.33. The minimum atomic E-state index is -0.602. The van der Waals surface area contributed by atoms with Crippen LogP contribution in [-0.4, -0.2) is 41.0 Å². The van der Waals surface area contributed by atoms with Gasteiger partial charge < -0.3 is 20.1 Å². The van der Waals surface area contributed by atoms with Crippen LogP contribution < -0.4 is 5.73 Å². The Bertz CT molecular complexity index is 1070. The van der Waals surface area contributed by atoms with Crippen molar-refractivity contribution in [2.75, 3.05) is 12.3 Å². The van der Waals surface area contributed by atoms with Crippen molar-refractivity contribution in [2.24, 2.45) is 0 Å². The standard InChI is InChI=1S/C28H35ClN2O5/c1-28(2,3)36-27(34)20-12-10-19(11-13-20)17-31(26(33)23-15-14-21(29)16-24(23)30)18-25(32)35-22-8-6-4-5-7-9-22/h10-16,22H,4-9,17-18,30H2,1-3H3. The maximum Gasteiger partial charge on any atom is 0.338 e. The van der Waals surface area contributed by atoms with E-state index in [1.54, 1.807) is 57.2 Å². The lowest BCUT2D eigenvalue weighted by molar-refractivity contribution is -0.150. The first kappa shape index (κ1) is 27.5. The molecule has 0 spiro atoms. The van der Waals surface area contributed by atoms with Gasteiger partial charge in [-0.25, -0.2) is 4.79 Å². The molecule has 0 aromatic heterocycles. The predicted molar refractivity (Wildman–Crippen MR) is 140 cm³/mol. The van der Waals surface area contributed by atoms with E-state index < -0.39 is 23.4 Å². The summed E-state index contributed by atoms with van der Waals surface area (Å²) in [6.07, 6.45) is 5.93. The molecule has 1 amide bonds. The van der Waals surface area contributed by atoms with Gasteiger partial charge in [0.2, 0.25) is 0 Å². The van der Waals surface area contributed by atoms with Crippen molar-refractivity contribution in [3.05, 3.63) is 64.2 Å². The Balaban J connectivity index is 1.77. The van der Waals surface area contributed by atoms with E-state index in [1.165, 1.54) is 11.0 Å². The van der Waals surface area contributed by atoms with Crippen LogP contribution in [0.1, 0.15) is 85.6 Å². The van der Waals surface area contributed by atoms with Crippen LogP contribution in [0.5, 0.6) is 0 Å². The van der Waals surface area contributed by atoms with E-state index in [0.717, 1.165) is 44.1 Å². The molecule has 0 aliphatic heterocycles. The van der Waals surface area contributed by atoms with E-state index in [2.05, 4.69) is 0 Å². The number of halogens is 1. The number of nitrogens with zero attached hydrogens (tertiary/aromatic N) is 1. The van der Waals surface area contributed by atoms with Crippen molar-refractivity contribution in [1.82, 2.24) is 4.90 Å². The zero-order chi connectivity index (χ0) is 26.3. The van der Waals surface area contributed by atoms with Crippen molar-refractivity contribution in [2.45, 2.75) is 77.5 Å². The van der Waals surface area contributed by atoms with Gasteiger partial charge in [-0.3, -0.25) is 9.59 Å². The van der Waals surface area contributed by atoms with E-state index in [9.17, 15) is 14.4 Å². The first-order valence-corrected chi connectivity index (χ1v) is 12.8. The number of nitrogens with two attached hydrogens (primary N) is 1. The molecule has 1 aliphatic carbocycles. The molecule has 0 radical (unpaired) electrons. The lowest BCUT2D eigenvalue weighted by Crippen LogP contribution is -2.37. The summed E-state index contributed by atoms with van der Waals surface area (Å²) >= 11 is 6.00. The minimum absolute atomic E-state index is 0.120. The molecule has 0 saturated heterocycles. The molecule has 0 atom stereocenters. The fraction of sp³-hybridized carbons (Fsp3) is 0.464. The smallest absolute Gasteiger partial charge is 0.338 e. The number of carbonyl (C=O) groups is 3. The van der Waals surface area contributed by atoms with Crippen molar-refractivity contribution < 1.29 is 23.9 Å². The number of amides is 1. The lowest BCUT2D eigenvalue weighted by Gasteiger charge is -2.24. The Labute approximate surface area is 217 Å². The van der Waals surface area contributed by atoms with Gasteiger partial charge in [-0.1, -0.05) is 36.6 Å². The average Bonchev–Trinajstić information content (AvgIpc) is 3.06. The summed E-state index contributed by atoms with van der Waals surface area (Å²) in [7, 11) is 0. The van der Waals surface area contributed by atoms with Crippen molar-refractivity contribution in [3.63, 3.8) is 0 Å². The molecular weight excluding hydrogens is 480 g/mol. The normalized spacial score (nSPS) is 14.6. The van der Waals surface area contributed by atoms with Gasteiger partial charge in [0.15, 0.2) is 0 Å². The summed E-state index contributed by atoms with van der Waals surface area (Å²) in [5, 5.41) is 0.418. The fourth-order valence-corrected chi connectivity index (χ4v) is 4.32. The number of hydrogen-bond acceptors (Lipinski definition) is 6. The molecular formula is C28H35ClN2O5. The second-order valence-corrected chi connectivity index (χ2v) is 10.6. The number of hydrogen-bond donors (Lipinski definition) is 1. The number of benzene rings is 2. The molecule has 1 saturated carbocycles. The summed E-state index contributed by atoms with van der Waals surface area (Å²) < 4.78 is 11.1. The highest BCUT2D eigenvalue weighted by atomic mass is 35.5. The Hall–Kier alpha value is -3.06. The first-order valence-electron chi connectivity index (χ1n) is 12.4. The minimum Gasteiger partial charge on any atom is -0.461 e. The number of rotatable bonds is 7. The van der Waals surface area contributed by atoms with Gasteiger partial charge in [-0.15, -0.1) is 0 Å². The third kappa shape index (κ3) is 8.26. The number of esters is 2. The first-order chi connectivity index (χ1) is 17.0. The Morgan fingerprint density at radius 1 is 1.00 bits per heavy atom. The summed E-state index contributed by atoms with van der Waals surface area (Å²) in [4.78, 5) is 40.0. The van der Waals surface area contributed by atoms with Crippen LogP contribution in [0.4, 0.5) is 5.69 Å². The summed E-state index contributed by atoms with van der Waals surface area (Å²) in [6, 6.07) is 11.4. The number of ether oxygens (including phenoxy) is 2. The van der Waals surface area contributed by atoms with Gasteiger partial charge in [0, 0.05) is 17.3 Å². The molecule has 0 unspecified atom stereocenters. The highest BCUT2D eigenvalue weighted by Gasteiger charge is 2.25. The van der Waals surface area contributed by atoms with Crippen LogP contribution in [0.25, 0.3) is 0 Å². The van der Waals surface area contributed by atoms with Crippen LogP contribution in [0, 0.1) is 0 Å². The highest BCUT2D eigenvalue weighted by Crippen LogP contribution is 2.23. The summed E-state index contributed by atoms with van der Waals surface area (Å²) in [5.41, 5.74) is 7.09. The van der Waals surface area contributed by atoms with Gasteiger partial charge in [0.05, 0.1) is 11.1 Å². The molecule has 0 heterocycles. The molecule has 36 heavy (non-hydrogen) atoms. The fourth-order valence-electron chi connectivity index (χ4n) is 4.14. The molecule has 194 valence electrons. The maximum absolute atomic E-state index is 13.4. The van der Waals surface area contributed by atoms with Crippen LogP contribution in [0.15, 0.2) is 42.5 Å². The van der Waals surface area contributed by atoms with Crippen LogP contribution in [0.2, 0.25) is 5.02 Å². The monoisotopic (exact) mass is 514 g/mol. The van der Waals surface area contributed by atoms with Crippen LogP contribution in [0.3, 0.4) is 0 Å². The topological polar surface area (TPSA) is 98.9 Å². The van der Waals surface area contributed by atoms with Gasteiger partial charge in [-0.05, 0) is 82.3 Å². The van der Waals surface area contributed by atoms with Gasteiger partial charge in [0.1, 0.15) is 18.2 Å². The summed E-state index contributed by atoms with van der Waals surface area (Å²) in [5.74, 6) is -1.28. The molecule has 2 N–H and O–H groups in total. The number of anilines is 1. The molecule has 1 fully saturated rings. The third-order valence-electron chi connectivity index (χ3n) is 5.91. The van der Waals surface area contributed by atoms with Gasteiger partial charge >= 0.3 is 11.9 Å². The van der Waals surface area contributed by atoms with Crippen molar-refractivity contribution >= 4 is 35.1 Å². The highest BCUT2D eigenvalue weighted by molar-refractivity contribution is 6.31. The molecule has 8 heteroatoms. The Morgan fingerprint density at radius 3 is 2.22 bits per heavy atom. The number of nitrogen functional groups attached to an aromatic ring is 1. The maximum atomic E-state index is 13.4. The Morgan fingerprint density at radius 2 is 1.64 bits per heavy atom. The molecule has 7 nitrogen and oxygen atoms in total. The van der Waals surface area contributed by atoms with Gasteiger partial charge in [0.25, 0.3) is 5.91 Å². The largest absolute Gasteiger partial charge is 0.461 e.